The predicted molar refractivity (Wildman–Crippen MR) is 170 cm³/mol. The van der Waals surface area contributed by atoms with E-state index in [2.05, 4.69) is 112 Å². The van der Waals surface area contributed by atoms with Crippen molar-refractivity contribution in [3.63, 3.8) is 0 Å². The summed E-state index contributed by atoms with van der Waals surface area (Å²) in [5.74, 6) is 0.321. The monoisotopic (exact) mass is 527 g/mol. The maximum absolute atomic E-state index is 11.3. The largest absolute Gasteiger partial charge is 0.507 e. The molecule has 0 aliphatic heterocycles. The molecule has 0 saturated carbocycles. The van der Waals surface area contributed by atoms with E-state index in [1.165, 1.54) is 46.4 Å². The second kappa shape index (κ2) is 10.0. The van der Waals surface area contributed by atoms with Crippen LogP contribution in [0, 0.1) is 12.3 Å². The Hall–Kier alpha value is -3.78. The van der Waals surface area contributed by atoms with E-state index in [1.807, 2.05) is 18.2 Å². The van der Waals surface area contributed by atoms with Crippen LogP contribution in [0.3, 0.4) is 0 Å². The van der Waals surface area contributed by atoms with Crippen LogP contribution in [-0.4, -0.2) is 11.7 Å². The van der Waals surface area contributed by atoms with E-state index in [-0.39, 0.29) is 5.41 Å². The second-order valence-corrected chi connectivity index (χ2v) is 13.1. The number of phenols is 1. The Bertz CT molecular complexity index is 1610. The van der Waals surface area contributed by atoms with Crippen LogP contribution in [0.25, 0.3) is 22.3 Å². The van der Waals surface area contributed by atoms with Gasteiger partial charge >= 0.3 is 0 Å². The highest BCUT2D eigenvalue weighted by atomic mass is 16.3. The Morgan fingerprint density at radius 2 is 1.38 bits per heavy atom. The summed E-state index contributed by atoms with van der Waals surface area (Å²) in [5.41, 5.74) is 12.5. The summed E-state index contributed by atoms with van der Waals surface area (Å²) in [4.78, 5) is 2.41. The molecule has 204 valence electrons. The van der Waals surface area contributed by atoms with Crippen LogP contribution in [0.4, 0.5) is 11.4 Å². The van der Waals surface area contributed by atoms with Crippen LogP contribution in [0.5, 0.6) is 5.75 Å². The molecule has 0 atom stereocenters. The van der Waals surface area contributed by atoms with Gasteiger partial charge in [-0.05, 0) is 95.7 Å². The van der Waals surface area contributed by atoms with E-state index in [4.69, 9.17) is 0 Å². The van der Waals surface area contributed by atoms with Crippen molar-refractivity contribution in [1.82, 2.24) is 0 Å². The van der Waals surface area contributed by atoms with Crippen molar-refractivity contribution >= 4 is 11.4 Å². The molecule has 0 amide bonds. The molecule has 40 heavy (non-hydrogen) atoms. The van der Waals surface area contributed by atoms with E-state index >= 15 is 0 Å². The molecular weight excluding hydrogens is 486 g/mol. The molecule has 0 radical (unpaired) electrons. The van der Waals surface area contributed by atoms with Crippen molar-refractivity contribution in [2.75, 3.05) is 11.4 Å². The zero-order valence-corrected chi connectivity index (χ0v) is 24.6. The van der Waals surface area contributed by atoms with Gasteiger partial charge in [-0.2, -0.15) is 0 Å². The minimum atomic E-state index is -0.0595. The van der Waals surface area contributed by atoms with Crippen molar-refractivity contribution in [2.24, 2.45) is 5.41 Å². The number of hydrogen-bond acceptors (Lipinski definition) is 2. The number of rotatable bonds is 5. The fourth-order valence-corrected chi connectivity index (χ4v) is 6.75. The minimum Gasteiger partial charge on any atom is -0.507 e. The number of nitrogens with zero attached hydrogens (tertiary/aromatic N) is 1. The van der Waals surface area contributed by atoms with E-state index in [0.29, 0.717) is 11.2 Å². The molecule has 0 bridgehead atoms. The zero-order chi connectivity index (χ0) is 28.1. The lowest BCUT2D eigenvalue weighted by Gasteiger charge is -2.29. The molecule has 0 saturated heterocycles. The maximum Gasteiger partial charge on any atom is 0.125 e. The number of benzene rings is 4. The molecule has 6 rings (SSSR count). The van der Waals surface area contributed by atoms with Crippen molar-refractivity contribution in [3.8, 4) is 28.0 Å². The summed E-state index contributed by atoms with van der Waals surface area (Å²) >= 11 is 0. The lowest BCUT2D eigenvalue weighted by atomic mass is 9.82. The first-order chi connectivity index (χ1) is 19.1. The molecule has 4 aromatic carbocycles. The predicted octanol–water partition coefficient (Wildman–Crippen LogP) is 10.3. The summed E-state index contributed by atoms with van der Waals surface area (Å²) in [7, 11) is 0. The van der Waals surface area contributed by atoms with Crippen LogP contribution in [0.1, 0.15) is 70.1 Å². The van der Waals surface area contributed by atoms with Crippen molar-refractivity contribution in [3.05, 3.63) is 113 Å². The first-order valence-corrected chi connectivity index (χ1v) is 14.7. The molecule has 1 N–H and O–H groups in total. The van der Waals surface area contributed by atoms with Crippen LogP contribution in [-0.2, 0) is 5.41 Å². The summed E-state index contributed by atoms with van der Waals surface area (Å²) in [6, 6.07) is 30.2. The van der Waals surface area contributed by atoms with Crippen LogP contribution in [0.15, 0.2) is 96.6 Å². The SMILES string of the molecule is Cc1ccccc1-c1ccc(N(CC2=CCC(C)(C)CCC2)c2ccc3c(c2)C(C)(C)c2ccccc2-3)cc1O. The smallest absolute Gasteiger partial charge is 0.125 e. The second-order valence-electron chi connectivity index (χ2n) is 13.1. The molecule has 0 aromatic heterocycles. The van der Waals surface area contributed by atoms with Crippen LogP contribution < -0.4 is 4.90 Å². The molecular formula is C38H41NO. The molecule has 4 aromatic rings. The van der Waals surface area contributed by atoms with Gasteiger partial charge in [-0.1, -0.05) is 93.9 Å². The van der Waals surface area contributed by atoms with Gasteiger partial charge in [-0.15, -0.1) is 0 Å². The highest BCUT2D eigenvalue weighted by Crippen LogP contribution is 2.50. The first-order valence-electron chi connectivity index (χ1n) is 14.7. The quantitative estimate of drug-likeness (QED) is 0.261. The van der Waals surface area contributed by atoms with Crippen molar-refractivity contribution in [2.45, 2.75) is 65.7 Å². The number of allylic oxidation sites excluding steroid dienone is 1. The molecule has 2 aliphatic rings. The number of hydrogen-bond donors (Lipinski definition) is 1. The highest BCUT2D eigenvalue weighted by Gasteiger charge is 2.35. The van der Waals surface area contributed by atoms with Gasteiger partial charge in [0.2, 0.25) is 0 Å². The van der Waals surface area contributed by atoms with Gasteiger partial charge in [0.15, 0.2) is 0 Å². The van der Waals surface area contributed by atoms with Gasteiger partial charge in [0.05, 0.1) is 0 Å². The third-order valence-electron chi connectivity index (χ3n) is 9.26. The zero-order valence-electron chi connectivity index (χ0n) is 24.6. The van der Waals surface area contributed by atoms with Gasteiger partial charge in [-0.25, -0.2) is 0 Å². The summed E-state index contributed by atoms with van der Waals surface area (Å²) < 4.78 is 0. The topological polar surface area (TPSA) is 23.5 Å². The summed E-state index contributed by atoms with van der Waals surface area (Å²) in [5, 5.41) is 11.3. The fraction of sp³-hybridized carbons (Fsp3) is 0.316. The van der Waals surface area contributed by atoms with Gasteiger partial charge in [0.25, 0.3) is 0 Å². The molecule has 0 spiro atoms. The molecule has 0 unspecified atom stereocenters. The van der Waals surface area contributed by atoms with Crippen LogP contribution >= 0.6 is 0 Å². The molecule has 2 heteroatoms. The van der Waals surface area contributed by atoms with Gasteiger partial charge in [0.1, 0.15) is 5.75 Å². The van der Waals surface area contributed by atoms with Crippen LogP contribution in [0.2, 0.25) is 0 Å². The molecule has 2 nitrogen and oxygen atoms in total. The summed E-state index contributed by atoms with van der Waals surface area (Å²) in [6.07, 6.45) is 7.19. The van der Waals surface area contributed by atoms with E-state index in [1.54, 1.807) is 0 Å². The Kier molecular flexibility index (Phi) is 6.61. The van der Waals surface area contributed by atoms with E-state index < -0.39 is 0 Å². The Morgan fingerprint density at radius 3 is 2.12 bits per heavy atom. The summed E-state index contributed by atoms with van der Waals surface area (Å²) in [6.45, 7) is 12.4. The van der Waals surface area contributed by atoms with Gasteiger partial charge < -0.3 is 10.0 Å². The molecule has 0 fully saturated rings. The normalized spacial score (nSPS) is 17.0. The Morgan fingerprint density at radius 1 is 0.725 bits per heavy atom. The standard InChI is InChI=1S/C38H41NO/c1-26-11-6-7-13-30(26)33-19-17-29(24-36(33)40)39(25-27-12-10-21-37(2,3)22-20-27)28-16-18-32-31-14-8-9-15-34(31)38(4,5)35(32)23-28/h6-9,11,13-20,23-24,40H,10,12,21-22,25H2,1-5H3. The van der Waals surface area contributed by atoms with E-state index in [0.717, 1.165) is 41.8 Å². The fourth-order valence-electron chi connectivity index (χ4n) is 6.75. The average molecular weight is 528 g/mol. The minimum absolute atomic E-state index is 0.0595. The molecule has 2 aliphatic carbocycles. The number of phenolic OH excluding ortho intramolecular Hbond substituents is 1. The number of anilines is 2. The third kappa shape index (κ3) is 4.74. The lowest BCUT2D eigenvalue weighted by molar-refractivity contribution is 0.337. The maximum atomic E-state index is 11.3. The third-order valence-corrected chi connectivity index (χ3v) is 9.26. The van der Waals surface area contributed by atoms with Gasteiger partial charge in [-0.3, -0.25) is 0 Å². The average Bonchev–Trinajstić information content (AvgIpc) is 3.03. The number of aryl methyl sites for hydroxylation is 1. The van der Waals surface area contributed by atoms with Gasteiger partial charge in [0, 0.05) is 35.0 Å². The van der Waals surface area contributed by atoms with Crippen molar-refractivity contribution < 1.29 is 5.11 Å². The number of aromatic hydroxyl groups is 1. The first kappa shape index (κ1) is 26.4. The highest BCUT2D eigenvalue weighted by molar-refractivity contribution is 5.84. The van der Waals surface area contributed by atoms with E-state index in [9.17, 15) is 5.11 Å². The molecule has 0 heterocycles. The lowest BCUT2D eigenvalue weighted by Crippen LogP contribution is -2.21. The Labute approximate surface area is 240 Å². The van der Waals surface area contributed by atoms with Crippen molar-refractivity contribution in [1.29, 1.82) is 0 Å². The Balaban J connectivity index is 1.44. The number of fused-ring (bicyclic) bond motifs is 3.